The lowest BCUT2D eigenvalue weighted by atomic mass is 10.0. The van der Waals surface area contributed by atoms with E-state index in [-0.39, 0.29) is 18.0 Å². The van der Waals surface area contributed by atoms with E-state index in [0.29, 0.717) is 13.0 Å². The molecule has 2 atom stereocenters. The number of nitrogens with one attached hydrogen (secondary N) is 3. The molecule has 6 heteroatoms. The van der Waals surface area contributed by atoms with Crippen LogP contribution in [-0.2, 0) is 11.3 Å². The molecule has 1 aliphatic heterocycles. The first-order valence-corrected chi connectivity index (χ1v) is 6.54. The summed E-state index contributed by atoms with van der Waals surface area (Å²) in [5.41, 5.74) is 7.21. The molecule has 2 aromatic heterocycles. The maximum Gasteiger partial charge on any atom is 0.238 e. The monoisotopic (exact) mass is 272 g/mol. The molecule has 3 N–H and O–H groups in total. The first-order chi connectivity index (χ1) is 9.83. The number of carbonyl (C=O) groups is 1. The van der Waals surface area contributed by atoms with E-state index in [2.05, 4.69) is 21.2 Å². The highest BCUT2D eigenvalue weighted by atomic mass is 16.3. The number of amides is 1. The highest BCUT2D eigenvalue weighted by Gasteiger charge is 2.30. The molecule has 6 nitrogen and oxygen atoms in total. The first kappa shape index (κ1) is 12.8. The zero-order chi connectivity index (χ0) is 13.8. The van der Waals surface area contributed by atoms with Crippen molar-refractivity contribution >= 4 is 5.91 Å². The molecule has 0 radical (unpaired) electrons. The largest absolute Gasteiger partial charge is 0.467 e. The van der Waals surface area contributed by atoms with Crippen molar-refractivity contribution in [2.75, 3.05) is 0 Å². The Morgan fingerprint density at radius 1 is 1.40 bits per heavy atom. The first-order valence-electron chi connectivity index (χ1n) is 6.54. The van der Waals surface area contributed by atoms with Crippen LogP contribution in [0.1, 0.15) is 23.8 Å². The Morgan fingerprint density at radius 2 is 2.35 bits per heavy atom. The van der Waals surface area contributed by atoms with Gasteiger partial charge >= 0.3 is 0 Å². The average molecular weight is 272 g/mol. The molecule has 2 unspecified atom stereocenters. The van der Waals surface area contributed by atoms with Gasteiger partial charge in [-0.1, -0.05) is 6.07 Å². The van der Waals surface area contributed by atoms with Crippen molar-refractivity contribution in [2.45, 2.75) is 25.0 Å². The number of carbonyl (C=O) groups excluding carboxylic acids is 1. The van der Waals surface area contributed by atoms with Crippen LogP contribution in [0.3, 0.4) is 0 Å². The van der Waals surface area contributed by atoms with Gasteiger partial charge in [-0.3, -0.25) is 9.78 Å². The average Bonchev–Trinajstić information content (AvgIpc) is 3.17. The minimum absolute atomic E-state index is 0.0414. The molecule has 1 amide bonds. The van der Waals surface area contributed by atoms with Crippen LogP contribution in [0.25, 0.3) is 0 Å². The summed E-state index contributed by atoms with van der Waals surface area (Å²) in [6, 6.07) is 7.36. The molecule has 0 aliphatic carbocycles. The molecule has 20 heavy (non-hydrogen) atoms. The Kier molecular flexibility index (Phi) is 3.76. The Balaban J connectivity index is 1.53. The van der Waals surface area contributed by atoms with Crippen LogP contribution in [0, 0.1) is 0 Å². The van der Waals surface area contributed by atoms with Gasteiger partial charge < -0.3 is 9.73 Å². The summed E-state index contributed by atoms with van der Waals surface area (Å²) in [4.78, 5) is 16.1. The van der Waals surface area contributed by atoms with Gasteiger partial charge in [0.05, 0.1) is 12.8 Å². The Labute approximate surface area is 116 Å². The lowest BCUT2D eigenvalue weighted by molar-refractivity contribution is -0.123. The normalized spacial score (nSPS) is 21.8. The van der Waals surface area contributed by atoms with E-state index in [1.54, 1.807) is 18.5 Å². The third-order valence-corrected chi connectivity index (χ3v) is 3.32. The Hall–Kier alpha value is -2.18. The molecule has 2 aromatic rings. The fourth-order valence-corrected chi connectivity index (χ4v) is 2.24. The molecule has 1 fully saturated rings. The molecular weight excluding hydrogens is 256 g/mol. The van der Waals surface area contributed by atoms with Crippen molar-refractivity contribution in [3.05, 3.63) is 54.2 Å². The van der Waals surface area contributed by atoms with Gasteiger partial charge in [-0.25, -0.2) is 10.9 Å². The van der Waals surface area contributed by atoms with E-state index in [1.165, 1.54) is 0 Å². The molecule has 1 saturated heterocycles. The van der Waals surface area contributed by atoms with Gasteiger partial charge in [-0.2, -0.15) is 0 Å². The number of pyridine rings is 1. The lowest BCUT2D eigenvalue weighted by Gasteiger charge is -2.09. The van der Waals surface area contributed by atoms with Gasteiger partial charge in [-0.15, -0.1) is 0 Å². The number of hydrogen-bond acceptors (Lipinski definition) is 5. The molecule has 0 saturated carbocycles. The Bertz CT molecular complexity index is 556. The summed E-state index contributed by atoms with van der Waals surface area (Å²) < 4.78 is 5.18. The summed E-state index contributed by atoms with van der Waals surface area (Å²) in [5, 5.41) is 2.85. The number of furan rings is 1. The number of hydrogen-bond donors (Lipinski definition) is 3. The van der Waals surface area contributed by atoms with Crippen molar-refractivity contribution < 1.29 is 9.21 Å². The van der Waals surface area contributed by atoms with Crippen molar-refractivity contribution in [1.29, 1.82) is 0 Å². The van der Waals surface area contributed by atoms with E-state index in [9.17, 15) is 4.79 Å². The second kappa shape index (κ2) is 5.85. The highest BCUT2D eigenvalue weighted by molar-refractivity contribution is 5.82. The summed E-state index contributed by atoms with van der Waals surface area (Å²) in [6.45, 7) is 0.404. The SMILES string of the molecule is O=C(NCc1ccco1)C1CC(c2cccnc2)NN1. The molecule has 104 valence electrons. The smallest absolute Gasteiger partial charge is 0.238 e. The highest BCUT2D eigenvalue weighted by Crippen LogP contribution is 2.21. The zero-order valence-electron chi connectivity index (χ0n) is 10.9. The molecular formula is C14H16N4O2. The molecule has 0 spiro atoms. The lowest BCUT2D eigenvalue weighted by Crippen LogP contribution is -2.42. The van der Waals surface area contributed by atoms with E-state index in [0.717, 1.165) is 11.3 Å². The topological polar surface area (TPSA) is 79.2 Å². The molecule has 3 heterocycles. The summed E-state index contributed by atoms with van der Waals surface area (Å²) in [5.74, 6) is 0.702. The molecule has 0 aromatic carbocycles. The van der Waals surface area contributed by atoms with Crippen molar-refractivity contribution in [1.82, 2.24) is 21.2 Å². The zero-order valence-corrected chi connectivity index (χ0v) is 10.9. The number of aromatic nitrogens is 1. The summed E-state index contributed by atoms with van der Waals surface area (Å²) in [6.07, 6.45) is 5.83. The van der Waals surface area contributed by atoms with Crippen LogP contribution in [0.15, 0.2) is 47.3 Å². The van der Waals surface area contributed by atoms with Crippen molar-refractivity contribution in [3.8, 4) is 0 Å². The fourth-order valence-electron chi connectivity index (χ4n) is 2.24. The summed E-state index contributed by atoms with van der Waals surface area (Å²) >= 11 is 0. The fraction of sp³-hybridized carbons (Fsp3) is 0.286. The molecule has 0 bridgehead atoms. The van der Waals surface area contributed by atoms with Crippen molar-refractivity contribution in [3.63, 3.8) is 0 Å². The third kappa shape index (κ3) is 2.87. The van der Waals surface area contributed by atoms with E-state index in [1.807, 2.05) is 24.4 Å². The van der Waals surface area contributed by atoms with E-state index in [4.69, 9.17) is 4.42 Å². The van der Waals surface area contributed by atoms with Crippen LogP contribution in [0.2, 0.25) is 0 Å². The second-order valence-corrected chi connectivity index (χ2v) is 4.71. The van der Waals surface area contributed by atoms with Crippen LogP contribution in [0.4, 0.5) is 0 Å². The number of rotatable bonds is 4. The summed E-state index contributed by atoms with van der Waals surface area (Å²) in [7, 11) is 0. The minimum Gasteiger partial charge on any atom is -0.467 e. The van der Waals surface area contributed by atoms with E-state index >= 15 is 0 Å². The standard InChI is InChI=1S/C14H16N4O2/c19-14(16-9-11-4-2-6-20-11)13-7-12(17-18-13)10-3-1-5-15-8-10/h1-6,8,12-13,17-18H,7,9H2,(H,16,19). The van der Waals surface area contributed by atoms with Crippen molar-refractivity contribution in [2.24, 2.45) is 0 Å². The Morgan fingerprint density at radius 3 is 3.10 bits per heavy atom. The van der Waals surface area contributed by atoms with Crippen LogP contribution >= 0.6 is 0 Å². The molecule has 3 rings (SSSR count). The minimum atomic E-state index is -0.254. The van der Waals surface area contributed by atoms with Gasteiger partial charge in [0.1, 0.15) is 11.8 Å². The van der Waals surface area contributed by atoms with Gasteiger partial charge in [0.25, 0.3) is 0 Å². The third-order valence-electron chi connectivity index (χ3n) is 3.32. The van der Waals surface area contributed by atoms with Gasteiger partial charge in [0.15, 0.2) is 0 Å². The van der Waals surface area contributed by atoms with Crippen LogP contribution in [0.5, 0.6) is 0 Å². The van der Waals surface area contributed by atoms with Crippen LogP contribution in [-0.4, -0.2) is 16.9 Å². The maximum absolute atomic E-state index is 12.0. The van der Waals surface area contributed by atoms with Crippen LogP contribution < -0.4 is 16.2 Å². The van der Waals surface area contributed by atoms with E-state index < -0.39 is 0 Å². The van der Waals surface area contributed by atoms with Gasteiger partial charge in [0, 0.05) is 18.4 Å². The predicted molar refractivity (Wildman–Crippen MR) is 72.2 cm³/mol. The predicted octanol–water partition coefficient (Wildman–Crippen LogP) is 0.899. The maximum atomic E-state index is 12.0. The number of hydrazine groups is 1. The number of nitrogens with zero attached hydrogens (tertiary/aromatic N) is 1. The molecule has 1 aliphatic rings. The quantitative estimate of drug-likeness (QED) is 0.770. The van der Waals surface area contributed by atoms with Gasteiger partial charge in [0.2, 0.25) is 5.91 Å². The second-order valence-electron chi connectivity index (χ2n) is 4.71. The van der Waals surface area contributed by atoms with Gasteiger partial charge in [-0.05, 0) is 30.2 Å².